The van der Waals surface area contributed by atoms with Crippen molar-refractivity contribution < 1.29 is 4.79 Å². The fourth-order valence-electron chi connectivity index (χ4n) is 3.09. The number of nitrogens with zero attached hydrogens (tertiary/aromatic N) is 2. The molecule has 0 bridgehead atoms. The number of fused-ring (bicyclic) bond motifs is 1. The van der Waals surface area contributed by atoms with Crippen LogP contribution in [-0.2, 0) is 13.0 Å². The van der Waals surface area contributed by atoms with Gasteiger partial charge in [0.2, 0.25) is 5.95 Å². The smallest absolute Gasteiger partial charge is 0.270 e. The lowest BCUT2D eigenvalue weighted by molar-refractivity contribution is 0.0949. The molecule has 4 aromatic rings. The first-order chi connectivity index (χ1) is 13.8. The molecule has 0 radical (unpaired) electrons. The highest BCUT2D eigenvalue weighted by atomic mass is 16.1. The van der Waals surface area contributed by atoms with Gasteiger partial charge in [0.25, 0.3) is 5.91 Å². The minimum atomic E-state index is -0.204. The van der Waals surface area contributed by atoms with Crippen molar-refractivity contribution in [1.29, 1.82) is 0 Å². The van der Waals surface area contributed by atoms with Crippen LogP contribution in [0.25, 0.3) is 10.9 Å². The average molecular weight is 371 g/mol. The van der Waals surface area contributed by atoms with Gasteiger partial charge in [-0.1, -0.05) is 48.5 Å². The second kappa shape index (κ2) is 8.35. The predicted molar refractivity (Wildman–Crippen MR) is 110 cm³/mol. The van der Waals surface area contributed by atoms with Gasteiger partial charge in [0.05, 0.1) is 0 Å². The predicted octanol–water partition coefficient (Wildman–Crippen LogP) is 3.54. The molecule has 2 heterocycles. The number of para-hydroxylation sites is 1. The Morgan fingerprint density at radius 1 is 1.00 bits per heavy atom. The van der Waals surface area contributed by atoms with Crippen LogP contribution < -0.4 is 10.6 Å². The molecule has 140 valence electrons. The number of H-pyrrole nitrogens is 1. The molecule has 0 fully saturated rings. The summed E-state index contributed by atoms with van der Waals surface area (Å²) < 4.78 is 0. The van der Waals surface area contributed by atoms with Crippen molar-refractivity contribution in [3.05, 3.63) is 89.9 Å². The molecule has 0 aliphatic carbocycles. The Hall–Kier alpha value is -3.67. The van der Waals surface area contributed by atoms with Crippen molar-refractivity contribution in [2.24, 2.45) is 0 Å². The molecule has 0 spiro atoms. The van der Waals surface area contributed by atoms with E-state index in [4.69, 9.17) is 0 Å². The van der Waals surface area contributed by atoms with E-state index in [2.05, 4.69) is 31.7 Å². The molecule has 0 atom stereocenters. The summed E-state index contributed by atoms with van der Waals surface area (Å²) in [5.74, 6) is 0.234. The molecule has 6 nitrogen and oxygen atoms in total. The van der Waals surface area contributed by atoms with Crippen LogP contribution in [0.3, 0.4) is 0 Å². The Morgan fingerprint density at radius 2 is 1.82 bits per heavy atom. The van der Waals surface area contributed by atoms with Crippen molar-refractivity contribution in [1.82, 2.24) is 20.3 Å². The molecule has 2 aromatic heterocycles. The number of carbonyl (C=O) groups excluding carboxylic acids is 1. The quantitative estimate of drug-likeness (QED) is 0.464. The lowest BCUT2D eigenvalue weighted by Crippen LogP contribution is -2.26. The van der Waals surface area contributed by atoms with Crippen LogP contribution in [-0.4, -0.2) is 27.4 Å². The fourth-order valence-corrected chi connectivity index (χ4v) is 3.09. The van der Waals surface area contributed by atoms with Crippen molar-refractivity contribution in [3.63, 3.8) is 0 Å². The molecule has 2 aromatic carbocycles. The van der Waals surface area contributed by atoms with Crippen LogP contribution in [0.2, 0.25) is 0 Å². The standard InChI is InChI=1S/C22H21N5O/c28-21(23-12-10-17-15-25-19-9-5-4-8-18(17)19)20-11-13-24-22(27-20)26-14-16-6-2-1-3-7-16/h1-9,11,13,15,25H,10,12,14H2,(H,23,28)(H,24,26,27). The largest absolute Gasteiger partial charge is 0.361 e. The maximum absolute atomic E-state index is 12.4. The van der Waals surface area contributed by atoms with Crippen molar-refractivity contribution in [3.8, 4) is 0 Å². The van der Waals surface area contributed by atoms with Gasteiger partial charge in [0, 0.05) is 36.4 Å². The molecule has 0 unspecified atom stereocenters. The number of rotatable bonds is 7. The normalized spacial score (nSPS) is 10.7. The van der Waals surface area contributed by atoms with E-state index < -0.39 is 0 Å². The highest BCUT2D eigenvalue weighted by Gasteiger charge is 2.09. The number of benzene rings is 2. The van der Waals surface area contributed by atoms with Gasteiger partial charge in [-0.2, -0.15) is 0 Å². The van der Waals surface area contributed by atoms with Gasteiger partial charge in [-0.25, -0.2) is 9.97 Å². The van der Waals surface area contributed by atoms with E-state index in [1.165, 1.54) is 10.9 Å². The maximum atomic E-state index is 12.4. The number of hydrogen-bond acceptors (Lipinski definition) is 4. The molecule has 0 aliphatic heterocycles. The molecule has 28 heavy (non-hydrogen) atoms. The molecule has 0 saturated carbocycles. The van der Waals surface area contributed by atoms with E-state index in [-0.39, 0.29) is 5.91 Å². The molecule has 0 aliphatic rings. The number of aromatic amines is 1. The zero-order chi connectivity index (χ0) is 19.2. The van der Waals surface area contributed by atoms with E-state index in [1.807, 2.05) is 54.7 Å². The summed E-state index contributed by atoms with van der Waals surface area (Å²) in [6.45, 7) is 1.14. The Kier molecular flexibility index (Phi) is 5.29. The number of hydrogen-bond donors (Lipinski definition) is 3. The van der Waals surface area contributed by atoms with E-state index in [0.717, 1.165) is 17.5 Å². The first-order valence-electron chi connectivity index (χ1n) is 9.23. The molecular weight excluding hydrogens is 350 g/mol. The van der Waals surface area contributed by atoms with Gasteiger partial charge < -0.3 is 15.6 Å². The van der Waals surface area contributed by atoms with E-state index >= 15 is 0 Å². The highest BCUT2D eigenvalue weighted by molar-refractivity contribution is 5.92. The van der Waals surface area contributed by atoms with Gasteiger partial charge in [-0.3, -0.25) is 4.79 Å². The Labute approximate surface area is 163 Å². The van der Waals surface area contributed by atoms with Crippen LogP contribution in [0, 0.1) is 0 Å². The Balaban J connectivity index is 1.33. The molecular formula is C22H21N5O. The van der Waals surface area contributed by atoms with Crippen LogP contribution in [0.1, 0.15) is 21.6 Å². The molecule has 3 N–H and O–H groups in total. The maximum Gasteiger partial charge on any atom is 0.270 e. The SMILES string of the molecule is O=C(NCCc1c[nH]c2ccccc12)c1ccnc(NCc2ccccc2)n1. The molecule has 1 amide bonds. The number of aromatic nitrogens is 3. The lowest BCUT2D eigenvalue weighted by Gasteiger charge is -2.07. The Morgan fingerprint density at radius 3 is 2.71 bits per heavy atom. The van der Waals surface area contributed by atoms with E-state index in [1.54, 1.807) is 12.3 Å². The third kappa shape index (κ3) is 4.17. The van der Waals surface area contributed by atoms with Crippen LogP contribution in [0.4, 0.5) is 5.95 Å². The number of amides is 1. The summed E-state index contributed by atoms with van der Waals surface area (Å²) in [7, 11) is 0. The van der Waals surface area contributed by atoms with Crippen molar-refractivity contribution in [2.45, 2.75) is 13.0 Å². The minimum Gasteiger partial charge on any atom is -0.361 e. The zero-order valence-electron chi connectivity index (χ0n) is 15.4. The van der Waals surface area contributed by atoms with Gasteiger partial charge >= 0.3 is 0 Å². The number of carbonyl (C=O) groups is 1. The number of nitrogens with one attached hydrogen (secondary N) is 3. The van der Waals surface area contributed by atoms with Gasteiger partial charge in [0.15, 0.2) is 0 Å². The summed E-state index contributed by atoms with van der Waals surface area (Å²) in [4.78, 5) is 24.2. The van der Waals surface area contributed by atoms with E-state index in [9.17, 15) is 4.79 Å². The third-order valence-electron chi connectivity index (χ3n) is 4.54. The monoisotopic (exact) mass is 371 g/mol. The molecule has 4 rings (SSSR count). The zero-order valence-corrected chi connectivity index (χ0v) is 15.4. The number of anilines is 1. The lowest BCUT2D eigenvalue weighted by atomic mass is 10.1. The van der Waals surface area contributed by atoms with E-state index in [0.29, 0.717) is 24.7 Å². The molecule has 6 heteroatoms. The molecule has 0 saturated heterocycles. The first-order valence-corrected chi connectivity index (χ1v) is 9.23. The van der Waals surface area contributed by atoms with Crippen LogP contribution in [0.15, 0.2) is 73.1 Å². The fraction of sp³-hybridized carbons (Fsp3) is 0.136. The third-order valence-corrected chi connectivity index (χ3v) is 4.54. The minimum absolute atomic E-state index is 0.204. The van der Waals surface area contributed by atoms with Crippen molar-refractivity contribution >= 4 is 22.8 Å². The second-order valence-corrected chi connectivity index (χ2v) is 6.47. The van der Waals surface area contributed by atoms with Gasteiger partial charge in [0.1, 0.15) is 5.69 Å². The van der Waals surface area contributed by atoms with Gasteiger partial charge in [-0.05, 0) is 29.7 Å². The van der Waals surface area contributed by atoms with Crippen LogP contribution >= 0.6 is 0 Å². The summed E-state index contributed by atoms with van der Waals surface area (Å²) in [5.41, 5.74) is 3.77. The van der Waals surface area contributed by atoms with Crippen LogP contribution in [0.5, 0.6) is 0 Å². The summed E-state index contributed by atoms with van der Waals surface area (Å²) in [5, 5.41) is 7.27. The summed E-state index contributed by atoms with van der Waals surface area (Å²) in [6, 6.07) is 19.7. The van der Waals surface area contributed by atoms with Crippen molar-refractivity contribution in [2.75, 3.05) is 11.9 Å². The summed E-state index contributed by atoms with van der Waals surface area (Å²) >= 11 is 0. The Bertz CT molecular complexity index is 1070. The topological polar surface area (TPSA) is 82.7 Å². The van der Waals surface area contributed by atoms with Gasteiger partial charge in [-0.15, -0.1) is 0 Å². The first kappa shape index (κ1) is 17.7. The second-order valence-electron chi connectivity index (χ2n) is 6.47. The average Bonchev–Trinajstić information content (AvgIpc) is 3.16. The highest BCUT2D eigenvalue weighted by Crippen LogP contribution is 2.17. The summed E-state index contributed by atoms with van der Waals surface area (Å²) in [6.07, 6.45) is 4.34.